The van der Waals surface area contributed by atoms with Gasteiger partial charge >= 0.3 is 5.97 Å². The highest BCUT2D eigenvalue weighted by Crippen LogP contribution is 2.28. The molecule has 0 saturated heterocycles. The zero-order valence-electron chi connectivity index (χ0n) is 17.7. The lowest BCUT2D eigenvalue weighted by atomic mass is 9.97. The van der Waals surface area contributed by atoms with Gasteiger partial charge in [-0.1, -0.05) is 41.9 Å². The molecular formula is C21H31Cl2N3O4S. The van der Waals surface area contributed by atoms with Gasteiger partial charge in [0, 0.05) is 24.3 Å². The Labute approximate surface area is 198 Å². The van der Waals surface area contributed by atoms with Gasteiger partial charge in [0.2, 0.25) is 0 Å². The fourth-order valence-corrected chi connectivity index (χ4v) is 3.29. The highest BCUT2D eigenvalue weighted by molar-refractivity contribution is 7.98. The second-order valence-electron chi connectivity index (χ2n) is 6.71. The van der Waals surface area contributed by atoms with Gasteiger partial charge in [-0.25, -0.2) is 0 Å². The van der Waals surface area contributed by atoms with E-state index in [1.54, 1.807) is 11.8 Å². The molecule has 2 atom stereocenters. The first kappa shape index (κ1) is 27.6. The Morgan fingerprint density at radius 3 is 2.39 bits per heavy atom. The van der Waals surface area contributed by atoms with E-state index in [0.29, 0.717) is 44.7 Å². The molecule has 10 heteroatoms. The fourth-order valence-electron chi connectivity index (χ4n) is 2.76. The van der Waals surface area contributed by atoms with Crippen LogP contribution in [0.1, 0.15) is 37.4 Å². The highest BCUT2D eigenvalue weighted by atomic mass is 35.5. The predicted molar refractivity (Wildman–Crippen MR) is 126 cm³/mol. The lowest BCUT2D eigenvalue weighted by molar-refractivity contribution is -0.152. The maximum atomic E-state index is 12.4. The zero-order chi connectivity index (χ0) is 23.2. The molecule has 174 valence electrons. The summed E-state index contributed by atoms with van der Waals surface area (Å²) in [7, 11) is 0. The van der Waals surface area contributed by atoms with Crippen molar-refractivity contribution < 1.29 is 19.1 Å². The molecule has 0 saturated carbocycles. The molecule has 1 aromatic carbocycles. The summed E-state index contributed by atoms with van der Waals surface area (Å²) in [6.45, 7) is 4.95. The summed E-state index contributed by atoms with van der Waals surface area (Å²) in [5.41, 5.74) is 11.7. The van der Waals surface area contributed by atoms with Crippen molar-refractivity contribution in [2.24, 2.45) is 11.5 Å². The van der Waals surface area contributed by atoms with Gasteiger partial charge in [0.1, 0.15) is 6.10 Å². The number of rotatable bonds is 15. The lowest BCUT2D eigenvalue weighted by Gasteiger charge is -2.29. The molecule has 1 rings (SSSR count). The van der Waals surface area contributed by atoms with E-state index in [-0.39, 0.29) is 6.42 Å². The molecule has 0 heterocycles. The van der Waals surface area contributed by atoms with Gasteiger partial charge in [0.25, 0.3) is 5.91 Å². The topological polar surface area (TPSA) is 117 Å². The highest BCUT2D eigenvalue weighted by Gasteiger charge is 2.30. The van der Waals surface area contributed by atoms with E-state index in [9.17, 15) is 9.59 Å². The normalized spacial score (nSPS) is 12.8. The number of carbonyl (C=O) groups excluding carboxylic acids is 2. The van der Waals surface area contributed by atoms with Crippen LogP contribution in [0.4, 0.5) is 0 Å². The summed E-state index contributed by atoms with van der Waals surface area (Å²) in [6, 6.07) is 6.98. The Hall–Kier alpha value is -1.45. The third-order valence-electron chi connectivity index (χ3n) is 4.34. The molecule has 0 radical (unpaired) electrons. The first-order valence-corrected chi connectivity index (χ1v) is 12.0. The van der Waals surface area contributed by atoms with E-state index in [1.807, 2.05) is 30.5 Å². The van der Waals surface area contributed by atoms with E-state index in [2.05, 4.69) is 11.9 Å². The van der Waals surface area contributed by atoms with Crippen molar-refractivity contribution in [3.63, 3.8) is 0 Å². The largest absolute Gasteiger partial charge is 0.497 e. The molecule has 1 amide bonds. The average Bonchev–Trinajstić information content (AvgIpc) is 2.77. The van der Waals surface area contributed by atoms with Crippen LogP contribution in [0.2, 0.25) is 0 Å². The van der Waals surface area contributed by atoms with Crippen LogP contribution < -0.4 is 16.8 Å². The molecule has 0 fully saturated rings. The number of hydrogen-bond donors (Lipinski definition) is 3. The van der Waals surface area contributed by atoms with Crippen LogP contribution in [0.3, 0.4) is 0 Å². The van der Waals surface area contributed by atoms with E-state index in [1.165, 1.54) is 0 Å². The molecule has 0 aliphatic rings. The van der Waals surface area contributed by atoms with E-state index in [0.717, 1.165) is 10.5 Å². The second kappa shape index (κ2) is 15.4. The number of hydrogen-bond acceptors (Lipinski definition) is 7. The minimum atomic E-state index is -1.26. The van der Waals surface area contributed by atoms with Crippen molar-refractivity contribution in [2.45, 2.75) is 47.6 Å². The Balaban J connectivity index is 3.13. The predicted octanol–water partition coefficient (Wildman–Crippen LogP) is 3.29. The molecule has 5 N–H and O–H groups in total. The molecule has 1 aromatic rings. The van der Waals surface area contributed by atoms with Crippen LogP contribution in [-0.4, -0.2) is 48.7 Å². The van der Waals surface area contributed by atoms with Crippen molar-refractivity contribution in [3.05, 3.63) is 42.2 Å². The van der Waals surface area contributed by atoms with Crippen LogP contribution >= 0.6 is 35.0 Å². The maximum absolute atomic E-state index is 12.4. The van der Waals surface area contributed by atoms with Gasteiger partial charge in [0.15, 0.2) is 4.84 Å². The summed E-state index contributed by atoms with van der Waals surface area (Å²) in [6.07, 6.45) is 2.70. The SMILES string of the molecule is C=C(CCC(NC(=O)C(Cl)Cl)C(OC(=O)CCCN)c1ccc(SC)cc1)OCCN. The van der Waals surface area contributed by atoms with Gasteiger partial charge in [-0.3, -0.25) is 9.59 Å². The van der Waals surface area contributed by atoms with Gasteiger partial charge in [-0.05, 0) is 43.3 Å². The number of alkyl halides is 2. The van der Waals surface area contributed by atoms with Crippen LogP contribution in [-0.2, 0) is 19.1 Å². The quantitative estimate of drug-likeness (QED) is 0.149. The molecular weight excluding hydrogens is 461 g/mol. The lowest BCUT2D eigenvalue weighted by Crippen LogP contribution is -2.43. The first-order valence-electron chi connectivity index (χ1n) is 9.95. The first-order chi connectivity index (χ1) is 14.8. The van der Waals surface area contributed by atoms with Gasteiger partial charge < -0.3 is 26.3 Å². The molecule has 0 aromatic heterocycles. The van der Waals surface area contributed by atoms with Gasteiger partial charge in [-0.2, -0.15) is 0 Å². The van der Waals surface area contributed by atoms with Crippen molar-refractivity contribution >= 4 is 46.8 Å². The zero-order valence-corrected chi connectivity index (χ0v) is 20.0. The van der Waals surface area contributed by atoms with Crippen molar-refractivity contribution in [1.29, 1.82) is 0 Å². The number of amides is 1. The van der Waals surface area contributed by atoms with Crippen molar-refractivity contribution in [3.8, 4) is 0 Å². The summed E-state index contributed by atoms with van der Waals surface area (Å²) < 4.78 is 11.2. The number of nitrogens with two attached hydrogens (primary N) is 2. The Morgan fingerprint density at radius 2 is 1.84 bits per heavy atom. The molecule has 31 heavy (non-hydrogen) atoms. The number of benzene rings is 1. The fraction of sp³-hybridized carbons (Fsp3) is 0.524. The number of esters is 1. The minimum absolute atomic E-state index is 0.177. The summed E-state index contributed by atoms with van der Waals surface area (Å²) >= 11 is 13.1. The third kappa shape index (κ3) is 10.6. The monoisotopic (exact) mass is 491 g/mol. The number of ether oxygens (including phenoxy) is 2. The van der Waals surface area contributed by atoms with E-state index < -0.39 is 28.9 Å². The average molecular weight is 492 g/mol. The smallest absolute Gasteiger partial charge is 0.306 e. The van der Waals surface area contributed by atoms with Gasteiger partial charge in [0.05, 0.1) is 18.4 Å². The molecule has 2 unspecified atom stereocenters. The third-order valence-corrected chi connectivity index (χ3v) is 5.48. The minimum Gasteiger partial charge on any atom is -0.497 e. The number of halogens is 2. The molecule has 7 nitrogen and oxygen atoms in total. The van der Waals surface area contributed by atoms with E-state index in [4.69, 9.17) is 44.1 Å². The molecule has 0 aliphatic heterocycles. The number of carbonyl (C=O) groups is 2. The summed E-state index contributed by atoms with van der Waals surface area (Å²) in [5.74, 6) is -0.468. The van der Waals surface area contributed by atoms with Crippen molar-refractivity contribution in [1.82, 2.24) is 5.32 Å². The van der Waals surface area contributed by atoms with Crippen LogP contribution in [0, 0.1) is 0 Å². The molecule has 0 spiro atoms. The standard InChI is InChI=1S/C21H31Cl2N3O4S/c1-14(29-13-12-25)5-10-17(26-21(28)20(22)23)19(30-18(27)4-3-11-24)15-6-8-16(31-2)9-7-15/h6-9,17,19-20H,1,3-5,10-13,24-25H2,2H3,(H,26,28). The number of nitrogens with one attached hydrogen (secondary N) is 1. The molecule has 0 bridgehead atoms. The number of allylic oxidation sites excluding steroid dienone is 1. The Morgan fingerprint density at radius 1 is 1.16 bits per heavy atom. The Kier molecular flexibility index (Phi) is 13.7. The molecule has 0 aliphatic carbocycles. The number of thioether (sulfide) groups is 1. The second-order valence-corrected chi connectivity index (χ2v) is 8.68. The van der Waals surface area contributed by atoms with Crippen LogP contribution in [0.25, 0.3) is 0 Å². The maximum Gasteiger partial charge on any atom is 0.306 e. The summed E-state index contributed by atoms with van der Waals surface area (Å²) in [5, 5.41) is 2.79. The van der Waals surface area contributed by atoms with Gasteiger partial charge in [-0.15, -0.1) is 11.8 Å². The summed E-state index contributed by atoms with van der Waals surface area (Å²) in [4.78, 5) is 24.5. The van der Waals surface area contributed by atoms with Crippen molar-refractivity contribution in [2.75, 3.05) is 26.0 Å². The van der Waals surface area contributed by atoms with Crippen LogP contribution in [0.5, 0.6) is 0 Å². The Bertz CT molecular complexity index is 704. The van der Waals surface area contributed by atoms with Crippen LogP contribution in [0.15, 0.2) is 41.5 Å². The van der Waals surface area contributed by atoms with E-state index >= 15 is 0 Å².